The van der Waals surface area contributed by atoms with E-state index in [4.69, 9.17) is 9.47 Å². The molecular formula is C24H31FO6. The monoisotopic (exact) mass is 434 g/mol. The van der Waals surface area contributed by atoms with Crippen molar-refractivity contribution < 1.29 is 33.7 Å². The molecule has 5 aliphatic carbocycles. The summed E-state index contributed by atoms with van der Waals surface area (Å²) in [5.41, 5.74) is -5.63. The zero-order valence-electron chi connectivity index (χ0n) is 18.5. The molecule has 31 heavy (non-hydrogen) atoms. The summed E-state index contributed by atoms with van der Waals surface area (Å²) in [6.07, 6.45) is 3.23. The van der Waals surface area contributed by atoms with E-state index >= 15 is 4.39 Å². The van der Waals surface area contributed by atoms with Crippen molar-refractivity contribution in [3.63, 3.8) is 0 Å². The molecule has 6 rings (SSSR count). The van der Waals surface area contributed by atoms with E-state index in [-0.39, 0.29) is 18.1 Å². The predicted molar refractivity (Wildman–Crippen MR) is 106 cm³/mol. The van der Waals surface area contributed by atoms with Crippen LogP contribution in [-0.4, -0.2) is 57.7 Å². The fourth-order valence-electron chi connectivity index (χ4n) is 9.50. The molecule has 1 aliphatic heterocycles. The van der Waals surface area contributed by atoms with E-state index < -0.39 is 69.7 Å². The molecule has 0 aromatic heterocycles. The average Bonchev–Trinajstić information content (AvgIpc) is 2.89. The van der Waals surface area contributed by atoms with E-state index in [1.807, 2.05) is 19.9 Å². The number of carbonyl (C=O) groups excluding carboxylic acids is 2. The minimum absolute atomic E-state index is 0.0304. The normalized spacial score (nSPS) is 60.1. The minimum atomic E-state index is -1.92. The van der Waals surface area contributed by atoms with Gasteiger partial charge in [0.15, 0.2) is 23.0 Å². The number of hydrogen-bond acceptors (Lipinski definition) is 6. The Labute approximate surface area is 181 Å². The van der Waals surface area contributed by atoms with E-state index in [2.05, 4.69) is 0 Å². The number of halogens is 1. The van der Waals surface area contributed by atoms with Crippen LogP contribution in [0.1, 0.15) is 53.4 Å². The van der Waals surface area contributed by atoms with Crippen molar-refractivity contribution >= 4 is 11.6 Å². The van der Waals surface area contributed by atoms with Crippen LogP contribution in [0.25, 0.3) is 0 Å². The lowest BCUT2D eigenvalue weighted by Crippen LogP contribution is -2.68. The number of hydrogen-bond donors (Lipinski definition) is 2. The zero-order valence-corrected chi connectivity index (χ0v) is 18.5. The number of rotatable bonds is 2. The number of allylic oxidation sites excluding steroid dienone is 2. The van der Waals surface area contributed by atoms with Gasteiger partial charge in [0.1, 0.15) is 12.3 Å². The van der Waals surface area contributed by atoms with E-state index in [0.29, 0.717) is 19.3 Å². The highest BCUT2D eigenvalue weighted by Crippen LogP contribution is 2.86. The highest BCUT2D eigenvalue weighted by Gasteiger charge is 2.90. The fraction of sp³-hybridized carbons (Fsp3) is 0.833. The first-order chi connectivity index (χ1) is 14.4. The van der Waals surface area contributed by atoms with Gasteiger partial charge in [0, 0.05) is 22.2 Å². The molecule has 0 unspecified atom stereocenters. The summed E-state index contributed by atoms with van der Waals surface area (Å²) >= 11 is 0. The van der Waals surface area contributed by atoms with Gasteiger partial charge >= 0.3 is 0 Å². The van der Waals surface area contributed by atoms with Crippen LogP contribution in [0.5, 0.6) is 0 Å². The highest BCUT2D eigenvalue weighted by atomic mass is 19.1. The van der Waals surface area contributed by atoms with Crippen LogP contribution >= 0.6 is 0 Å². The van der Waals surface area contributed by atoms with Crippen LogP contribution in [0.4, 0.5) is 4.39 Å². The molecule has 6 nitrogen and oxygen atoms in total. The number of ether oxygens (including phenoxy) is 2. The SMILES string of the molecule is CC1(C)O[C@@H]2C[C@H]3[C@@H]4CC[C@@]56C=CC(=O)[C@@H]5[C@]6(C)[C@@]4(F)[C@@H](O)C[C@]3(C)[C@]2(C(=O)CO)O1. The molecule has 0 radical (unpaired) electrons. The second-order valence-electron chi connectivity index (χ2n) is 11.7. The van der Waals surface area contributed by atoms with Gasteiger partial charge in [-0.2, -0.15) is 0 Å². The van der Waals surface area contributed by atoms with Crippen LogP contribution in [0.3, 0.4) is 0 Å². The highest BCUT2D eigenvalue weighted by molar-refractivity contribution is 6.00. The van der Waals surface area contributed by atoms with Gasteiger partial charge in [0.05, 0.1) is 12.2 Å². The van der Waals surface area contributed by atoms with E-state index in [9.17, 15) is 19.8 Å². The Morgan fingerprint density at radius 1 is 1.26 bits per heavy atom. The molecule has 0 bridgehead atoms. The Morgan fingerprint density at radius 2 is 1.97 bits per heavy atom. The molecule has 7 heteroatoms. The zero-order chi connectivity index (χ0) is 22.4. The number of alkyl halides is 1. The Kier molecular flexibility index (Phi) is 3.51. The first-order valence-electron chi connectivity index (χ1n) is 11.5. The van der Waals surface area contributed by atoms with E-state index in [1.54, 1.807) is 19.9 Å². The molecule has 170 valence electrons. The standard InChI is InChI=1S/C24H31FO6/c1-19(2)30-17-9-13-12-5-7-22-8-6-14(27)18(22)21(22,4)23(12,25)15(28)10-20(13,3)24(17,31-19)16(29)11-26/h6,8,12-13,15,17-18,26,28H,5,7,9-11H2,1-4H3/t12-,13-,15-,17+,18+,20-,21-,22+,23-,24+/m0/s1. The Morgan fingerprint density at radius 3 is 2.65 bits per heavy atom. The number of carbonyl (C=O) groups is 2. The van der Waals surface area contributed by atoms with E-state index in [0.717, 1.165) is 0 Å². The predicted octanol–water partition coefficient (Wildman–Crippen LogP) is 2.11. The van der Waals surface area contributed by atoms with Crippen molar-refractivity contribution in [1.29, 1.82) is 0 Å². The molecular weight excluding hydrogens is 403 g/mol. The molecule has 4 saturated carbocycles. The third-order valence-corrected chi connectivity index (χ3v) is 10.6. The summed E-state index contributed by atoms with van der Waals surface area (Å²) < 4.78 is 29.6. The maximum Gasteiger partial charge on any atom is 0.193 e. The van der Waals surface area contributed by atoms with Crippen LogP contribution in [0.15, 0.2) is 12.2 Å². The fourth-order valence-corrected chi connectivity index (χ4v) is 9.50. The Hall–Kier alpha value is -1.15. The van der Waals surface area contributed by atoms with Crippen molar-refractivity contribution in [3.05, 3.63) is 12.2 Å². The summed E-state index contributed by atoms with van der Waals surface area (Å²) in [4.78, 5) is 25.7. The summed E-state index contributed by atoms with van der Waals surface area (Å²) in [7, 11) is 0. The smallest absolute Gasteiger partial charge is 0.193 e. The minimum Gasteiger partial charge on any atom is -0.390 e. The van der Waals surface area contributed by atoms with Gasteiger partial charge in [-0.3, -0.25) is 9.59 Å². The van der Waals surface area contributed by atoms with Gasteiger partial charge in [-0.05, 0) is 57.4 Å². The molecule has 1 heterocycles. The van der Waals surface area contributed by atoms with Gasteiger partial charge in [-0.1, -0.05) is 19.9 Å². The van der Waals surface area contributed by atoms with E-state index in [1.165, 1.54) is 0 Å². The number of aliphatic hydroxyl groups is 2. The largest absolute Gasteiger partial charge is 0.390 e. The Balaban J connectivity index is 1.47. The van der Waals surface area contributed by atoms with Crippen molar-refractivity contribution in [2.45, 2.75) is 82.6 Å². The maximum absolute atomic E-state index is 17.2. The molecule has 1 spiro atoms. The maximum atomic E-state index is 17.2. The third kappa shape index (κ3) is 1.79. The Bertz CT molecular complexity index is 946. The lowest BCUT2D eigenvalue weighted by molar-refractivity contribution is -0.248. The van der Waals surface area contributed by atoms with Gasteiger partial charge in [0.2, 0.25) is 0 Å². The second-order valence-corrected chi connectivity index (χ2v) is 11.7. The first-order valence-corrected chi connectivity index (χ1v) is 11.5. The van der Waals surface area contributed by atoms with Crippen molar-refractivity contribution in [2.75, 3.05) is 6.61 Å². The number of fused-ring (bicyclic) bond motifs is 7. The first kappa shape index (κ1) is 20.5. The second kappa shape index (κ2) is 5.32. The summed E-state index contributed by atoms with van der Waals surface area (Å²) in [5, 5.41) is 21.2. The van der Waals surface area contributed by atoms with Gasteiger partial charge in [-0.25, -0.2) is 4.39 Å². The van der Waals surface area contributed by atoms with Crippen LogP contribution in [0.2, 0.25) is 0 Å². The number of aliphatic hydroxyl groups excluding tert-OH is 2. The van der Waals surface area contributed by atoms with Crippen molar-refractivity contribution in [2.24, 2.45) is 34.0 Å². The number of Topliss-reactive ketones (excluding diaryl/α,β-unsaturated/α-hetero) is 1. The molecule has 10 atom stereocenters. The average molecular weight is 435 g/mol. The molecule has 2 N–H and O–H groups in total. The number of ketones is 2. The summed E-state index contributed by atoms with van der Waals surface area (Å²) in [6.45, 7) is 6.51. The van der Waals surface area contributed by atoms with Crippen LogP contribution < -0.4 is 0 Å². The molecule has 5 fully saturated rings. The van der Waals surface area contributed by atoms with Crippen LogP contribution in [0, 0.1) is 34.0 Å². The molecule has 0 aromatic rings. The van der Waals surface area contributed by atoms with Gasteiger partial charge in [0.25, 0.3) is 0 Å². The summed E-state index contributed by atoms with van der Waals surface area (Å²) in [5.74, 6) is -2.68. The van der Waals surface area contributed by atoms with Crippen LogP contribution in [-0.2, 0) is 19.1 Å². The van der Waals surface area contributed by atoms with Gasteiger partial charge in [-0.15, -0.1) is 0 Å². The summed E-state index contributed by atoms with van der Waals surface area (Å²) in [6, 6.07) is 0. The topological polar surface area (TPSA) is 93.1 Å². The van der Waals surface area contributed by atoms with Gasteiger partial charge < -0.3 is 19.7 Å². The van der Waals surface area contributed by atoms with Crippen molar-refractivity contribution in [1.82, 2.24) is 0 Å². The molecule has 0 aromatic carbocycles. The molecule has 6 aliphatic rings. The van der Waals surface area contributed by atoms with Crippen molar-refractivity contribution in [3.8, 4) is 0 Å². The quantitative estimate of drug-likeness (QED) is 0.692. The molecule has 1 saturated heterocycles. The lowest BCUT2D eigenvalue weighted by Gasteiger charge is -2.60. The third-order valence-electron chi connectivity index (χ3n) is 10.6. The lowest BCUT2D eigenvalue weighted by atomic mass is 9.47. The molecule has 0 amide bonds.